The van der Waals surface area contributed by atoms with Gasteiger partial charge in [0.25, 0.3) is 0 Å². The molecule has 0 heterocycles. The van der Waals surface area contributed by atoms with Crippen LogP contribution in [0.3, 0.4) is 0 Å². The van der Waals surface area contributed by atoms with Gasteiger partial charge in [-0.15, -0.1) is 0 Å². The molecule has 3 rings (SSSR count). The van der Waals surface area contributed by atoms with Crippen molar-refractivity contribution in [1.29, 1.82) is 0 Å². The van der Waals surface area contributed by atoms with Crippen molar-refractivity contribution in [3.8, 4) is 0 Å². The highest BCUT2D eigenvalue weighted by molar-refractivity contribution is 5.94. The van der Waals surface area contributed by atoms with E-state index in [1.54, 1.807) is 0 Å². The molecule has 1 aliphatic carbocycles. The molecule has 1 amide bonds. The fourth-order valence-corrected chi connectivity index (χ4v) is 3.06. The van der Waals surface area contributed by atoms with Gasteiger partial charge in [-0.2, -0.15) is 0 Å². The topological polar surface area (TPSA) is 20.3 Å². The summed E-state index contributed by atoms with van der Waals surface area (Å²) in [6.45, 7) is 6.86. The molecule has 1 atom stereocenters. The van der Waals surface area contributed by atoms with E-state index in [0.29, 0.717) is 12.5 Å². The van der Waals surface area contributed by atoms with Crippen molar-refractivity contribution in [2.24, 2.45) is 5.92 Å². The molecule has 1 unspecified atom stereocenters. The van der Waals surface area contributed by atoms with Crippen LogP contribution in [0.15, 0.2) is 48.5 Å². The number of amides is 1. The van der Waals surface area contributed by atoms with Gasteiger partial charge in [-0.05, 0) is 60.9 Å². The zero-order chi connectivity index (χ0) is 17.1. The molecule has 0 N–H and O–H groups in total. The number of carbonyl (C=O) groups is 1. The summed E-state index contributed by atoms with van der Waals surface area (Å²) in [5.41, 5.74) is 4.86. The number of carbonyl (C=O) groups excluding carboxylic acids is 1. The second kappa shape index (κ2) is 7.21. The fraction of sp³-hybridized carbons (Fsp3) is 0.409. The largest absolute Gasteiger partial charge is 0.308 e. The highest BCUT2D eigenvalue weighted by Crippen LogP contribution is 2.41. The molecule has 0 bridgehead atoms. The van der Waals surface area contributed by atoms with Crippen molar-refractivity contribution in [2.45, 2.75) is 52.5 Å². The minimum Gasteiger partial charge on any atom is -0.308 e. The van der Waals surface area contributed by atoms with Gasteiger partial charge in [-0.25, -0.2) is 0 Å². The van der Waals surface area contributed by atoms with Crippen molar-refractivity contribution >= 4 is 11.6 Å². The lowest BCUT2D eigenvalue weighted by molar-refractivity contribution is -0.122. The molecular weight excluding hydrogens is 294 g/mol. The lowest BCUT2D eigenvalue weighted by Gasteiger charge is -2.27. The van der Waals surface area contributed by atoms with Gasteiger partial charge in [0.2, 0.25) is 5.91 Å². The Morgan fingerprint density at radius 1 is 1.17 bits per heavy atom. The Hall–Kier alpha value is -2.09. The first-order valence-corrected chi connectivity index (χ1v) is 9.06. The number of benzene rings is 2. The van der Waals surface area contributed by atoms with Crippen LogP contribution in [0.5, 0.6) is 0 Å². The van der Waals surface area contributed by atoms with E-state index in [0.717, 1.165) is 12.1 Å². The first-order chi connectivity index (χ1) is 11.6. The lowest BCUT2D eigenvalue weighted by Crippen LogP contribution is -2.34. The predicted molar refractivity (Wildman–Crippen MR) is 100 cm³/mol. The van der Waals surface area contributed by atoms with Crippen LogP contribution in [0, 0.1) is 12.8 Å². The Morgan fingerprint density at radius 2 is 1.92 bits per heavy atom. The van der Waals surface area contributed by atoms with Crippen LogP contribution in [0.2, 0.25) is 0 Å². The SMILES string of the molecule is CCC(C)C(=O)N(Cc1ccccc1C)c1cccc(C2CC2)c1. The van der Waals surface area contributed by atoms with Crippen LogP contribution in [0.4, 0.5) is 5.69 Å². The summed E-state index contributed by atoms with van der Waals surface area (Å²) in [6.07, 6.45) is 3.42. The minimum atomic E-state index is 0.0404. The minimum absolute atomic E-state index is 0.0404. The van der Waals surface area contributed by atoms with Gasteiger partial charge >= 0.3 is 0 Å². The zero-order valence-electron chi connectivity index (χ0n) is 15.0. The quantitative estimate of drug-likeness (QED) is 0.692. The second-order valence-corrected chi connectivity index (χ2v) is 7.03. The Bertz CT molecular complexity index is 717. The van der Waals surface area contributed by atoms with Gasteiger partial charge in [0.1, 0.15) is 0 Å². The number of anilines is 1. The van der Waals surface area contributed by atoms with Crippen LogP contribution < -0.4 is 4.90 Å². The van der Waals surface area contributed by atoms with Crippen molar-refractivity contribution in [3.63, 3.8) is 0 Å². The molecule has 2 nitrogen and oxygen atoms in total. The number of nitrogens with zero attached hydrogens (tertiary/aromatic N) is 1. The van der Waals surface area contributed by atoms with E-state index in [4.69, 9.17) is 0 Å². The summed E-state index contributed by atoms with van der Waals surface area (Å²) in [6, 6.07) is 16.9. The van der Waals surface area contributed by atoms with Crippen molar-refractivity contribution in [2.75, 3.05) is 4.90 Å². The van der Waals surface area contributed by atoms with Crippen LogP contribution in [-0.2, 0) is 11.3 Å². The van der Waals surface area contributed by atoms with Crippen molar-refractivity contribution in [3.05, 3.63) is 65.2 Å². The highest BCUT2D eigenvalue weighted by Gasteiger charge is 2.26. The van der Waals surface area contributed by atoms with E-state index in [-0.39, 0.29) is 11.8 Å². The summed E-state index contributed by atoms with van der Waals surface area (Å²) in [5, 5.41) is 0. The molecule has 2 aromatic carbocycles. The van der Waals surface area contributed by atoms with Crippen LogP contribution in [-0.4, -0.2) is 5.91 Å². The molecule has 1 aliphatic rings. The molecule has 0 aliphatic heterocycles. The highest BCUT2D eigenvalue weighted by atomic mass is 16.2. The van der Waals surface area contributed by atoms with Crippen LogP contribution >= 0.6 is 0 Å². The third-order valence-electron chi connectivity index (χ3n) is 5.12. The average molecular weight is 321 g/mol. The molecule has 2 aromatic rings. The molecule has 0 radical (unpaired) electrons. The third-order valence-corrected chi connectivity index (χ3v) is 5.12. The zero-order valence-corrected chi connectivity index (χ0v) is 15.0. The Labute approximate surface area is 145 Å². The second-order valence-electron chi connectivity index (χ2n) is 7.03. The van der Waals surface area contributed by atoms with Gasteiger partial charge in [0.15, 0.2) is 0 Å². The maximum Gasteiger partial charge on any atom is 0.230 e. The smallest absolute Gasteiger partial charge is 0.230 e. The van der Waals surface area contributed by atoms with Gasteiger partial charge in [0, 0.05) is 11.6 Å². The van der Waals surface area contributed by atoms with Gasteiger partial charge in [-0.1, -0.05) is 50.2 Å². The molecule has 1 fully saturated rings. The number of rotatable bonds is 6. The normalized spacial score (nSPS) is 15.1. The number of hydrogen-bond donors (Lipinski definition) is 0. The van der Waals surface area contributed by atoms with Gasteiger partial charge in [-0.3, -0.25) is 4.79 Å². The number of hydrogen-bond acceptors (Lipinski definition) is 1. The van der Waals surface area contributed by atoms with Gasteiger partial charge in [0.05, 0.1) is 6.54 Å². The standard InChI is InChI=1S/C22H27NO/c1-4-16(2)22(24)23(15-20-9-6-5-8-17(20)3)21-11-7-10-19(14-21)18-12-13-18/h5-11,14,16,18H,4,12-13,15H2,1-3H3. The summed E-state index contributed by atoms with van der Waals surface area (Å²) < 4.78 is 0. The first kappa shape index (κ1) is 16.8. The molecule has 24 heavy (non-hydrogen) atoms. The maximum absolute atomic E-state index is 13.0. The molecule has 126 valence electrons. The fourth-order valence-electron chi connectivity index (χ4n) is 3.06. The predicted octanol–water partition coefficient (Wildman–Crippen LogP) is 5.45. The molecule has 0 spiro atoms. The summed E-state index contributed by atoms with van der Waals surface area (Å²) in [7, 11) is 0. The maximum atomic E-state index is 13.0. The van der Waals surface area contributed by atoms with E-state index in [2.05, 4.69) is 56.3 Å². The lowest BCUT2D eigenvalue weighted by atomic mass is 10.0. The van der Waals surface area contributed by atoms with Gasteiger partial charge < -0.3 is 4.90 Å². The monoisotopic (exact) mass is 321 g/mol. The summed E-state index contributed by atoms with van der Waals surface area (Å²) in [5.74, 6) is 0.955. The Balaban J connectivity index is 1.94. The average Bonchev–Trinajstić information content (AvgIpc) is 3.45. The van der Waals surface area contributed by atoms with Crippen molar-refractivity contribution in [1.82, 2.24) is 0 Å². The summed E-state index contributed by atoms with van der Waals surface area (Å²) >= 11 is 0. The van der Waals surface area contributed by atoms with Crippen LogP contribution in [0.25, 0.3) is 0 Å². The molecule has 2 heteroatoms. The summed E-state index contributed by atoms with van der Waals surface area (Å²) in [4.78, 5) is 15.0. The van der Waals surface area contributed by atoms with E-state index < -0.39 is 0 Å². The van der Waals surface area contributed by atoms with E-state index >= 15 is 0 Å². The number of aryl methyl sites for hydroxylation is 1. The molecule has 0 aromatic heterocycles. The van der Waals surface area contributed by atoms with E-state index in [9.17, 15) is 4.79 Å². The Morgan fingerprint density at radius 3 is 2.58 bits per heavy atom. The van der Waals surface area contributed by atoms with E-state index in [1.807, 2.05) is 17.9 Å². The Kier molecular flexibility index (Phi) is 5.03. The third kappa shape index (κ3) is 3.69. The van der Waals surface area contributed by atoms with E-state index in [1.165, 1.54) is 29.5 Å². The van der Waals surface area contributed by atoms with Crippen LogP contribution in [0.1, 0.15) is 55.7 Å². The molecule has 0 saturated heterocycles. The molecular formula is C22H27NO. The molecule has 1 saturated carbocycles. The first-order valence-electron chi connectivity index (χ1n) is 9.06. The van der Waals surface area contributed by atoms with Crippen molar-refractivity contribution < 1.29 is 4.79 Å².